The molecule has 0 bridgehead atoms. The molecule has 0 saturated carbocycles. The Labute approximate surface area is 142 Å². The van der Waals surface area contributed by atoms with Gasteiger partial charge in [0.25, 0.3) is 5.91 Å². The topological polar surface area (TPSA) is 48.6 Å². The first kappa shape index (κ1) is 15.5. The summed E-state index contributed by atoms with van der Waals surface area (Å²) in [5.41, 5.74) is 1.66. The average molecular weight is 327 g/mol. The van der Waals surface area contributed by atoms with Crippen LogP contribution in [-0.2, 0) is 0 Å². The molecule has 0 spiro atoms. The number of H-pyrrole nitrogens is 1. The predicted octanol–water partition coefficient (Wildman–Crippen LogP) is 2.88. The fourth-order valence-electron chi connectivity index (χ4n) is 3.66. The Morgan fingerprint density at radius 3 is 2.83 bits per heavy atom. The van der Waals surface area contributed by atoms with Gasteiger partial charge in [-0.3, -0.25) is 4.79 Å². The Hall–Kier alpha value is -2.01. The van der Waals surface area contributed by atoms with Crippen molar-refractivity contribution < 1.29 is 9.53 Å². The van der Waals surface area contributed by atoms with Crippen LogP contribution in [0.4, 0.5) is 0 Å². The fourth-order valence-corrected chi connectivity index (χ4v) is 3.66. The number of aromatic nitrogens is 1. The molecule has 1 aromatic heterocycles. The lowest BCUT2D eigenvalue weighted by Gasteiger charge is -2.30. The van der Waals surface area contributed by atoms with Gasteiger partial charge in [0.15, 0.2) is 0 Å². The van der Waals surface area contributed by atoms with Crippen LogP contribution in [0, 0.1) is 0 Å². The van der Waals surface area contributed by atoms with Crippen LogP contribution in [0.25, 0.3) is 10.9 Å². The van der Waals surface area contributed by atoms with Gasteiger partial charge in [0.2, 0.25) is 0 Å². The van der Waals surface area contributed by atoms with Crippen LogP contribution < -0.4 is 4.74 Å². The van der Waals surface area contributed by atoms with Crippen LogP contribution in [0.2, 0.25) is 0 Å². The number of nitrogens with one attached hydrogen (secondary N) is 1. The number of aromatic amines is 1. The van der Waals surface area contributed by atoms with Gasteiger partial charge < -0.3 is 19.5 Å². The van der Waals surface area contributed by atoms with E-state index in [0.717, 1.165) is 49.2 Å². The Bertz CT molecular complexity index is 735. The van der Waals surface area contributed by atoms with Gasteiger partial charge in [-0.25, -0.2) is 0 Å². The van der Waals surface area contributed by atoms with Crippen LogP contribution >= 0.6 is 0 Å². The van der Waals surface area contributed by atoms with E-state index in [2.05, 4.69) is 16.9 Å². The molecule has 24 heavy (non-hydrogen) atoms. The van der Waals surface area contributed by atoms with Crippen molar-refractivity contribution in [3.8, 4) is 5.75 Å². The average Bonchev–Trinajstić information content (AvgIpc) is 3.11. The molecule has 1 amide bonds. The lowest BCUT2D eigenvalue weighted by molar-refractivity contribution is 0.0646. The maximum atomic E-state index is 12.3. The standard InChI is InChI=1S/C19H25N3O2/c1-21-8-2-4-15(21)7-11-24-16-5-6-17-14(12-16)13-18(20-17)19(23)22-9-3-10-22/h5-6,12-13,15,20H,2-4,7-11H2,1H3. The number of ether oxygens (including phenoxy) is 1. The Kier molecular flexibility index (Phi) is 4.19. The smallest absolute Gasteiger partial charge is 0.270 e. The molecule has 1 aromatic carbocycles. The van der Waals surface area contributed by atoms with E-state index in [1.54, 1.807) is 0 Å². The second kappa shape index (κ2) is 6.48. The molecule has 2 fully saturated rings. The molecule has 3 heterocycles. The van der Waals surface area contributed by atoms with Crippen molar-refractivity contribution in [3.63, 3.8) is 0 Å². The maximum absolute atomic E-state index is 12.3. The van der Waals surface area contributed by atoms with Crippen molar-refractivity contribution in [3.05, 3.63) is 30.0 Å². The third-order valence-electron chi connectivity index (χ3n) is 5.36. The summed E-state index contributed by atoms with van der Waals surface area (Å²) in [6.07, 6.45) is 4.75. The molecule has 2 aliphatic heterocycles. The summed E-state index contributed by atoms with van der Waals surface area (Å²) in [6, 6.07) is 8.60. The highest BCUT2D eigenvalue weighted by molar-refractivity contribution is 5.98. The molecule has 5 nitrogen and oxygen atoms in total. The largest absolute Gasteiger partial charge is 0.494 e. The number of hydrogen-bond acceptors (Lipinski definition) is 3. The van der Waals surface area contributed by atoms with Gasteiger partial charge in [0.05, 0.1) is 6.61 Å². The van der Waals surface area contributed by atoms with Crippen molar-refractivity contribution in [1.29, 1.82) is 0 Å². The highest BCUT2D eigenvalue weighted by Gasteiger charge is 2.23. The molecule has 1 atom stereocenters. The SMILES string of the molecule is CN1CCCC1CCOc1ccc2[nH]c(C(=O)N3CCC3)cc2c1. The van der Waals surface area contributed by atoms with E-state index in [1.165, 1.54) is 19.4 Å². The zero-order valence-corrected chi connectivity index (χ0v) is 14.3. The van der Waals surface area contributed by atoms with Crippen LogP contribution in [0.1, 0.15) is 36.2 Å². The highest BCUT2D eigenvalue weighted by Crippen LogP contribution is 2.24. The number of rotatable bonds is 5. The lowest BCUT2D eigenvalue weighted by atomic mass is 10.1. The number of hydrogen-bond donors (Lipinski definition) is 1. The summed E-state index contributed by atoms with van der Waals surface area (Å²) in [7, 11) is 2.19. The molecule has 2 aliphatic rings. The van der Waals surface area contributed by atoms with Gasteiger partial charge in [-0.1, -0.05) is 0 Å². The van der Waals surface area contributed by atoms with Gasteiger partial charge in [0.1, 0.15) is 11.4 Å². The quantitative estimate of drug-likeness (QED) is 0.918. The van der Waals surface area contributed by atoms with Crippen molar-refractivity contribution in [2.24, 2.45) is 0 Å². The van der Waals surface area contributed by atoms with Crippen molar-refractivity contribution in [2.45, 2.75) is 31.7 Å². The van der Waals surface area contributed by atoms with Gasteiger partial charge in [-0.15, -0.1) is 0 Å². The molecule has 1 unspecified atom stereocenters. The molecule has 2 saturated heterocycles. The van der Waals surface area contributed by atoms with Gasteiger partial charge in [0, 0.05) is 30.0 Å². The molecule has 2 aromatic rings. The van der Waals surface area contributed by atoms with E-state index in [-0.39, 0.29) is 5.91 Å². The minimum atomic E-state index is 0.101. The molecule has 0 radical (unpaired) electrons. The summed E-state index contributed by atoms with van der Waals surface area (Å²) in [5.74, 6) is 0.981. The minimum Gasteiger partial charge on any atom is -0.494 e. The Morgan fingerprint density at radius 1 is 1.25 bits per heavy atom. The summed E-state index contributed by atoms with van der Waals surface area (Å²) in [5, 5.41) is 1.04. The number of amides is 1. The first-order valence-electron chi connectivity index (χ1n) is 8.96. The van der Waals surface area contributed by atoms with Crippen LogP contribution in [0.3, 0.4) is 0 Å². The number of nitrogens with zero attached hydrogens (tertiary/aromatic N) is 2. The third kappa shape index (κ3) is 3.00. The molecular weight excluding hydrogens is 302 g/mol. The van der Waals surface area contributed by atoms with E-state index < -0.39 is 0 Å². The summed E-state index contributed by atoms with van der Waals surface area (Å²) < 4.78 is 5.94. The van der Waals surface area contributed by atoms with E-state index >= 15 is 0 Å². The van der Waals surface area contributed by atoms with Gasteiger partial charge in [-0.05, 0) is 63.5 Å². The zero-order chi connectivity index (χ0) is 16.5. The molecule has 4 rings (SSSR count). The monoisotopic (exact) mass is 327 g/mol. The zero-order valence-electron chi connectivity index (χ0n) is 14.3. The third-order valence-corrected chi connectivity index (χ3v) is 5.36. The second-order valence-electron chi connectivity index (χ2n) is 6.99. The number of carbonyl (C=O) groups excluding carboxylic acids is 1. The Balaban J connectivity index is 1.40. The summed E-state index contributed by atoms with van der Waals surface area (Å²) in [6.45, 7) is 3.69. The van der Waals surface area contributed by atoms with E-state index in [4.69, 9.17) is 4.74 Å². The van der Waals surface area contributed by atoms with E-state index in [1.807, 2.05) is 29.2 Å². The number of carbonyl (C=O) groups is 1. The Morgan fingerprint density at radius 2 is 2.12 bits per heavy atom. The number of likely N-dealkylation sites (tertiary alicyclic amines) is 2. The van der Waals surface area contributed by atoms with Crippen LogP contribution in [0.5, 0.6) is 5.75 Å². The van der Waals surface area contributed by atoms with Crippen molar-refractivity contribution in [2.75, 3.05) is 33.3 Å². The van der Waals surface area contributed by atoms with E-state index in [9.17, 15) is 4.79 Å². The van der Waals surface area contributed by atoms with Crippen molar-refractivity contribution in [1.82, 2.24) is 14.8 Å². The van der Waals surface area contributed by atoms with Gasteiger partial charge >= 0.3 is 0 Å². The minimum absolute atomic E-state index is 0.101. The molecule has 0 aliphatic carbocycles. The molecule has 128 valence electrons. The first-order chi connectivity index (χ1) is 11.7. The summed E-state index contributed by atoms with van der Waals surface area (Å²) in [4.78, 5) is 19.8. The highest BCUT2D eigenvalue weighted by atomic mass is 16.5. The van der Waals surface area contributed by atoms with Crippen LogP contribution in [0.15, 0.2) is 24.3 Å². The van der Waals surface area contributed by atoms with E-state index in [0.29, 0.717) is 11.7 Å². The normalized spacial score (nSPS) is 21.2. The van der Waals surface area contributed by atoms with Gasteiger partial charge in [-0.2, -0.15) is 0 Å². The fraction of sp³-hybridized carbons (Fsp3) is 0.526. The number of fused-ring (bicyclic) bond motifs is 1. The lowest BCUT2D eigenvalue weighted by Crippen LogP contribution is -2.42. The molecule has 1 N–H and O–H groups in total. The summed E-state index contributed by atoms with van der Waals surface area (Å²) >= 11 is 0. The van der Waals surface area contributed by atoms with Crippen molar-refractivity contribution >= 4 is 16.8 Å². The molecular formula is C19H25N3O2. The second-order valence-corrected chi connectivity index (χ2v) is 6.99. The maximum Gasteiger partial charge on any atom is 0.270 e. The predicted molar refractivity (Wildman–Crippen MR) is 94.6 cm³/mol. The van der Waals surface area contributed by atoms with Crippen LogP contribution in [-0.4, -0.2) is 60.0 Å². The molecule has 5 heteroatoms. The number of benzene rings is 1. The first-order valence-corrected chi connectivity index (χ1v) is 8.96.